The van der Waals surface area contributed by atoms with Crippen LogP contribution in [-0.4, -0.2) is 40.1 Å². The molecule has 1 unspecified atom stereocenters. The molecule has 0 spiro atoms. The van der Waals surface area contributed by atoms with Gasteiger partial charge >= 0.3 is 0 Å². The first kappa shape index (κ1) is 17.2. The molecule has 0 N–H and O–H groups in total. The Bertz CT molecular complexity index is 895. The van der Waals surface area contributed by atoms with E-state index < -0.39 is 0 Å². The third-order valence-corrected chi connectivity index (χ3v) is 5.62. The van der Waals surface area contributed by atoms with Gasteiger partial charge in [-0.3, -0.25) is 0 Å². The average molecular weight is 370 g/mol. The maximum atomic E-state index is 5.58. The summed E-state index contributed by atoms with van der Waals surface area (Å²) in [5.74, 6) is 2.58. The molecule has 2 aromatic heterocycles. The third-order valence-electron chi connectivity index (χ3n) is 4.55. The minimum atomic E-state index is 0.240. The Balaban J connectivity index is 1.69. The summed E-state index contributed by atoms with van der Waals surface area (Å²) < 4.78 is 12.9. The average Bonchev–Trinajstić information content (AvgIpc) is 3.35. The van der Waals surface area contributed by atoms with Crippen molar-refractivity contribution in [2.75, 3.05) is 20.3 Å². The molecule has 1 atom stereocenters. The molecule has 136 valence electrons. The molecule has 4 rings (SSSR count). The van der Waals surface area contributed by atoms with Crippen LogP contribution in [0.25, 0.3) is 10.7 Å². The number of benzene rings is 1. The highest BCUT2D eigenvalue weighted by atomic mass is 32.1. The molecule has 26 heavy (non-hydrogen) atoms. The Labute approximate surface area is 156 Å². The predicted octanol–water partition coefficient (Wildman–Crippen LogP) is 3.58. The summed E-state index contributed by atoms with van der Waals surface area (Å²) in [7, 11) is 1.67. The fourth-order valence-corrected chi connectivity index (χ4v) is 4.13. The van der Waals surface area contributed by atoms with E-state index in [0.717, 1.165) is 51.6 Å². The van der Waals surface area contributed by atoms with E-state index in [1.165, 1.54) is 0 Å². The van der Waals surface area contributed by atoms with Gasteiger partial charge in [-0.2, -0.15) is 5.10 Å². The molecule has 6 nitrogen and oxygen atoms in total. The second-order valence-electron chi connectivity index (χ2n) is 6.49. The molecule has 0 saturated carbocycles. The number of hydrogen-bond donors (Lipinski definition) is 0. The van der Waals surface area contributed by atoms with Crippen LogP contribution in [-0.2, 0) is 11.2 Å². The number of aromatic nitrogens is 4. The topological polar surface area (TPSA) is 62.1 Å². The SMILES string of the molecule is COc1ccc(Cc2nc(-c3sc(C)nc3C)n(C3CCOC3)n2)cc1. The fourth-order valence-electron chi connectivity index (χ4n) is 3.23. The number of methoxy groups -OCH3 is 1. The Morgan fingerprint density at radius 2 is 2.04 bits per heavy atom. The predicted molar refractivity (Wildman–Crippen MR) is 101 cm³/mol. The Kier molecular flexibility index (Phi) is 4.74. The van der Waals surface area contributed by atoms with Crippen molar-refractivity contribution in [3.63, 3.8) is 0 Å². The quantitative estimate of drug-likeness (QED) is 0.687. The first-order valence-electron chi connectivity index (χ1n) is 8.74. The zero-order chi connectivity index (χ0) is 18.1. The molecule has 1 aliphatic heterocycles. The van der Waals surface area contributed by atoms with Gasteiger partial charge in [-0.1, -0.05) is 12.1 Å². The van der Waals surface area contributed by atoms with Crippen LogP contribution in [0.2, 0.25) is 0 Å². The van der Waals surface area contributed by atoms with Gasteiger partial charge in [0, 0.05) is 13.0 Å². The molecule has 1 saturated heterocycles. The molecule has 0 bridgehead atoms. The molecule has 0 aliphatic carbocycles. The molecule has 1 aromatic carbocycles. The lowest BCUT2D eigenvalue weighted by Crippen LogP contribution is -2.12. The van der Waals surface area contributed by atoms with E-state index in [1.54, 1.807) is 18.4 Å². The maximum Gasteiger partial charge on any atom is 0.170 e. The number of aryl methyl sites for hydroxylation is 2. The summed E-state index contributed by atoms with van der Waals surface area (Å²) in [5, 5.41) is 5.88. The zero-order valence-corrected chi connectivity index (χ0v) is 16.0. The smallest absolute Gasteiger partial charge is 0.170 e. The molecule has 0 amide bonds. The summed E-state index contributed by atoms with van der Waals surface area (Å²) >= 11 is 1.67. The van der Waals surface area contributed by atoms with Crippen LogP contribution in [0, 0.1) is 13.8 Å². The third kappa shape index (κ3) is 3.37. The largest absolute Gasteiger partial charge is 0.497 e. The maximum absolute atomic E-state index is 5.58. The van der Waals surface area contributed by atoms with Crippen LogP contribution in [0.1, 0.15) is 34.6 Å². The van der Waals surface area contributed by atoms with Gasteiger partial charge in [0.2, 0.25) is 0 Å². The van der Waals surface area contributed by atoms with E-state index in [4.69, 9.17) is 19.6 Å². The van der Waals surface area contributed by atoms with Crippen molar-refractivity contribution in [1.29, 1.82) is 0 Å². The van der Waals surface area contributed by atoms with E-state index in [2.05, 4.69) is 17.1 Å². The second kappa shape index (κ2) is 7.17. The Hall–Kier alpha value is -2.25. The minimum Gasteiger partial charge on any atom is -0.497 e. The van der Waals surface area contributed by atoms with Crippen LogP contribution in [0.4, 0.5) is 0 Å². The van der Waals surface area contributed by atoms with Gasteiger partial charge in [-0.25, -0.2) is 14.6 Å². The zero-order valence-electron chi connectivity index (χ0n) is 15.2. The first-order valence-corrected chi connectivity index (χ1v) is 9.56. The summed E-state index contributed by atoms with van der Waals surface area (Å²) in [4.78, 5) is 10.5. The molecular weight excluding hydrogens is 348 g/mol. The van der Waals surface area contributed by atoms with Crippen molar-refractivity contribution in [2.45, 2.75) is 32.7 Å². The van der Waals surface area contributed by atoms with E-state index >= 15 is 0 Å². The van der Waals surface area contributed by atoms with Gasteiger partial charge in [0.1, 0.15) is 5.75 Å². The minimum absolute atomic E-state index is 0.240. The van der Waals surface area contributed by atoms with Gasteiger partial charge in [0.25, 0.3) is 0 Å². The highest BCUT2D eigenvalue weighted by Crippen LogP contribution is 2.32. The van der Waals surface area contributed by atoms with Crippen LogP contribution < -0.4 is 4.74 Å². The van der Waals surface area contributed by atoms with Gasteiger partial charge in [-0.05, 0) is 38.0 Å². The van der Waals surface area contributed by atoms with Crippen LogP contribution in [0.5, 0.6) is 5.75 Å². The number of hydrogen-bond acceptors (Lipinski definition) is 6. The fraction of sp³-hybridized carbons (Fsp3) is 0.421. The van der Waals surface area contributed by atoms with Crippen molar-refractivity contribution in [3.05, 3.63) is 46.4 Å². The van der Waals surface area contributed by atoms with Gasteiger partial charge in [0.05, 0.1) is 35.3 Å². The molecule has 1 aliphatic rings. The second-order valence-corrected chi connectivity index (χ2v) is 7.69. The van der Waals surface area contributed by atoms with Crippen molar-refractivity contribution < 1.29 is 9.47 Å². The molecule has 3 aromatic rings. The monoisotopic (exact) mass is 370 g/mol. The van der Waals surface area contributed by atoms with Gasteiger partial charge in [0.15, 0.2) is 11.6 Å². The van der Waals surface area contributed by atoms with Crippen molar-refractivity contribution in [3.8, 4) is 16.5 Å². The van der Waals surface area contributed by atoms with Gasteiger partial charge in [-0.15, -0.1) is 11.3 Å². The number of rotatable bonds is 5. The van der Waals surface area contributed by atoms with Crippen molar-refractivity contribution in [2.24, 2.45) is 0 Å². The molecule has 1 fully saturated rings. The lowest BCUT2D eigenvalue weighted by atomic mass is 10.1. The summed E-state index contributed by atoms with van der Waals surface area (Å²) in [6, 6.07) is 8.28. The van der Waals surface area contributed by atoms with Crippen molar-refractivity contribution in [1.82, 2.24) is 19.7 Å². The summed E-state index contributed by atoms with van der Waals surface area (Å²) in [6.45, 7) is 5.53. The summed E-state index contributed by atoms with van der Waals surface area (Å²) in [6.07, 6.45) is 1.66. The van der Waals surface area contributed by atoms with Crippen LogP contribution >= 0.6 is 11.3 Å². The highest BCUT2D eigenvalue weighted by molar-refractivity contribution is 7.15. The standard InChI is InChI=1S/C19H22N4O2S/c1-12-18(26-13(2)20-12)19-21-17(22-23(19)15-8-9-25-11-15)10-14-4-6-16(24-3)7-5-14/h4-7,15H,8-11H2,1-3H3. The van der Waals surface area contributed by atoms with E-state index in [-0.39, 0.29) is 6.04 Å². The lowest BCUT2D eigenvalue weighted by molar-refractivity contribution is 0.184. The molecular formula is C19H22N4O2S. The van der Waals surface area contributed by atoms with E-state index in [1.807, 2.05) is 30.7 Å². The van der Waals surface area contributed by atoms with Crippen LogP contribution in [0.3, 0.4) is 0 Å². The number of thiazole rings is 1. The molecule has 7 heteroatoms. The highest BCUT2D eigenvalue weighted by Gasteiger charge is 2.25. The number of ether oxygens (including phenoxy) is 2. The molecule has 0 radical (unpaired) electrons. The Morgan fingerprint density at radius 3 is 2.65 bits per heavy atom. The van der Waals surface area contributed by atoms with Gasteiger partial charge < -0.3 is 9.47 Å². The first-order chi connectivity index (χ1) is 12.6. The van der Waals surface area contributed by atoms with E-state index in [0.29, 0.717) is 13.0 Å². The summed E-state index contributed by atoms with van der Waals surface area (Å²) in [5.41, 5.74) is 2.17. The number of nitrogens with zero attached hydrogens (tertiary/aromatic N) is 4. The molecule has 3 heterocycles. The van der Waals surface area contributed by atoms with Crippen molar-refractivity contribution >= 4 is 11.3 Å². The lowest BCUT2D eigenvalue weighted by Gasteiger charge is -2.10. The normalized spacial score (nSPS) is 17.0. The van der Waals surface area contributed by atoms with Crippen LogP contribution in [0.15, 0.2) is 24.3 Å². The van der Waals surface area contributed by atoms with E-state index in [9.17, 15) is 0 Å². The Morgan fingerprint density at radius 1 is 1.23 bits per heavy atom.